The van der Waals surface area contributed by atoms with Crippen molar-refractivity contribution in [1.29, 1.82) is 0 Å². The first-order valence-electron chi connectivity index (χ1n) is 12.1. The molecule has 3 aromatic rings. The van der Waals surface area contributed by atoms with E-state index in [4.69, 9.17) is 14.2 Å². The predicted molar refractivity (Wildman–Crippen MR) is 137 cm³/mol. The van der Waals surface area contributed by atoms with Crippen LogP contribution in [-0.4, -0.2) is 49.7 Å². The Bertz CT molecular complexity index is 1180. The van der Waals surface area contributed by atoms with Crippen molar-refractivity contribution in [3.05, 3.63) is 83.4 Å². The minimum atomic E-state index is -0.204. The number of methoxy groups -OCH3 is 1. The Morgan fingerprint density at radius 1 is 0.943 bits per heavy atom. The van der Waals surface area contributed by atoms with E-state index in [2.05, 4.69) is 36.9 Å². The lowest BCUT2D eigenvalue weighted by atomic mass is 10.0. The minimum Gasteiger partial charge on any atom is -0.497 e. The zero-order valence-corrected chi connectivity index (χ0v) is 20.6. The van der Waals surface area contributed by atoms with Crippen molar-refractivity contribution >= 4 is 11.6 Å². The molecule has 0 unspecified atom stereocenters. The summed E-state index contributed by atoms with van der Waals surface area (Å²) in [5.41, 5.74) is 3.85. The summed E-state index contributed by atoms with van der Waals surface area (Å²) in [7, 11) is 1.67. The molecular formula is C29H32N2O4. The highest BCUT2D eigenvalue weighted by Crippen LogP contribution is 2.42. The smallest absolute Gasteiger partial charge is 0.253 e. The Kier molecular flexibility index (Phi) is 6.29. The Hall–Kier alpha value is -3.67. The number of carbonyl (C=O) groups excluding carboxylic acids is 1. The van der Waals surface area contributed by atoms with Gasteiger partial charge in [0.05, 0.1) is 7.11 Å². The van der Waals surface area contributed by atoms with E-state index < -0.39 is 0 Å². The van der Waals surface area contributed by atoms with Crippen LogP contribution in [-0.2, 0) is 13.0 Å². The van der Waals surface area contributed by atoms with E-state index in [1.54, 1.807) is 7.11 Å². The molecule has 2 aliphatic rings. The van der Waals surface area contributed by atoms with Gasteiger partial charge in [-0.25, -0.2) is 0 Å². The second-order valence-electron chi connectivity index (χ2n) is 9.75. The molecule has 0 atom stereocenters. The number of ether oxygens (including phenoxy) is 3. The van der Waals surface area contributed by atoms with Crippen LogP contribution in [0.5, 0.6) is 17.2 Å². The third-order valence-electron chi connectivity index (χ3n) is 6.65. The zero-order valence-electron chi connectivity index (χ0n) is 20.6. The lowest BCUT2D eigenvalue weighted by molar-refractivity contribution is 0.0746. The molecule has 0 spiro atoms. The van der Waals surface area contributed by atoms with Crippen LogP contribution in [0.15, 0.2) is 66.7 Å². The highest BCUT2D eigenvalue weighted by molar-refractivity contribution is 5.94. The summed E-state index contributed by atoms with van der Waals surface area (Å²) in [6.07, 6.45) is 0.880. The molecule has 35 heavy (non-hydrogen) atoms. The van der Waals surface area contributed by atoms with Gasteiger partial charge in [-0.15, -0.1) is 0 Å². The van der Waals surface area contributed by atoms with Crippen LogP contribution < -0.4 is 19.1 Å². The maximum atomic E-state index is 13.0. The molecule has 2 aliphatic heterocycles. The molecule has 1 saturated heterocycles. The number of piperazine rings is 1. The maximum Gasteiger partial charge on any atom is 0.253 e. The molecule has 0 bridgehead atoms. The lowest BCUT2D eigenvalue weighted by Crippen LogP contribution is -2.48. The van der Waals surface area contributed by atoms with Crippen LogP contribution in [0.3, 0.4) is 0 Å². The molecular weight excluding hydrogens is 440 g/mol. The largest absolute Gasteiger partial charge is 0.497 e. The van der Waals surface area contributed by atoms with Crippen molar-refractivity contribution in [3.63, 3.8) is 0 Å². The van der Waals surface area contributed by atoms with Crippen molar-refractivity contribution in [2.75, 3.05) is 38.2 Å². The van der Waals surface area contributed by atoms with E-state index in [-0.39, 0.29) is 11.5 Å². The summed E-state index contributed by atoms with van der Waals surface area (Å²) in [5.74, 6) is 2.53. The second kappa shape index (κ2) is 9.53. The molecule has 0 saturated carbocycles. The van der Waals surface area contributed by atoms with Crippen LogP contribution in [0.2, 0.25) is 0 Å². The van der Waals surface area contributed by atoms with Gasteiger partial charge >= 0.3 is 0 Å². The highest BCUT2D eigenvalue weighted by Gasteiger charge is 2.32. The molecule has 2 heterocycles. The predicted octanol–water partition coefficient (Wildman–Crippen LogP) is 4.95. The summed E-state index contributed by atoms with van der Waals surface area (Å²) in [4.78, 5) is 17.3. The fourth-order valence-electron chi connectivity index (χ4n) is 4.75. The monoisotopic (exact) mass is 472 g/mol. The Labute approximate surface area is 207 Å². The number of hydrogen-bond acceptors (Lipinski definition) is 5. The molecule has 1 amide bonds. The van der Waals surface area contributed by atoms with Gasteiger partial charge in [0, 0.05) is 49.4 Å². The Morgan fingerprint density at radius 3 is 2.34 bits per heavy atom. The molecule has 0 radical (unpaired) electrons. The molecule has 6 heteroatoms. The number of para-hydroxylation sites is 1. The van der Waals surface area contributed by atoms with Crippen molar-refractivity contribution < 1.29 is 19.0 Å². The average Bonchev–Trinajstić information content (AvgIpc) is 3.22. The van der Waals surface area contributed by atoms with Crippen LogP contribution in [0.4, 0.5) is 5.69 Å². The minimum absolute atomic E-state index is 0.0726. The Balaban J connectivity index is 1.15. The lowest BCUT2D eigenvalue weighted by Gasteiger charge is -2.36. The molecule has 0 aliphatic carbocycles. The second-order valence-corrected chi connectivity index (χ2v) is 9.75. The van der Waals surface area contributed by atoms with Gasteiger partial charge in [0.1, 0.15) is 18.0 Å². The van der Waals surface area contributed by atoms with Gasteiger partial charge in [-0.05, 0) is 61.9 Å². The van der Waals surface area contributed by atoms with E-state index in [1.807, 2.05) is 53.4 Å². The number of hydrogen-bond donors (Lipinski definition) is 0. The average molecular weight is 473 g/mol. The maximum absolute atomic E-state index is 13.0. The van der Waals surface area contributed by atoms with Gasteiger partial charge in [-0.3, -0.25) is 4.79 Å². The summed E-state index contributed by atoms with van der Waals surface area (Å²) in [6, 6.07) is 21.8. The fourth-order valence-corrected chi connectivity index (χ4v) is 4.75. The number of amides is 1. The number of fused-ring (bicyclic) bond motifs is 1. The summed E-state index contributed by atoms with van der Waals surface area (Å²) >= 11 is 0. The van der Waals surface area contributed by atoms with E-state index in [0.29, 0.717) is 25.3 Å². The van der Waals surface area contributed by atoms with Gasteiger partial charge in [-0.2, -0.15) is 0 Å². The van der Waals surface area contributed by atoms with Crippen LogP contribution in [0.1, 0.15) is 35.3 Å². The summed E-state index contributed by atoms with van der Waals surface area (Å²) in [6.45, 7) is 7.62. The van der Waals surface area contributed by atoms with Crippen LogP contribution in [0.25, 0.3) is 0 Å². The standard InChI is InChI=1S/C29H32N2O4/c1-29(2)19-23-5-4-6-26(27(23)35-29)34-20-21-7-9-22(10-8-21)28(32)31-17-15-30(16-18-31)24-11-13-25(33-3)14-12-24/h4-14H,15-20H2,1-3H3. The fraction of sp³-hybridized carbons (Fsp3) is 0.345. The molecule has 1 fully saturated rings. The number of benzene rings is 3. The molecule has 5 rings (SSSR count). The molecule has 0 N–H and O–H groups in total. The zero-order chi connectivity index (χ0) is 24.4. The van der Waals surface area contributed by atoms with Crippen molar-refractivity contribution in [2.24, 2.45) is 0 Å². The number of anilines is 1. The molecule has 0 aromatic heterocycles. The van der Waals surface area contributed by atoms with Crippen LogP contribution >= 0.6 is 0 Å². The van der Waals surface area contributed by atoms with E-state index in [1.165, 1.54) is 5.56 Å². The number of nitrogens with zero attached hydrogens (tertiary/aromatic N) is 2. The van der Waals surface area contributed by atoms with E-state index in [0.717, 1.165) is 48.0 Å². The number of carbonyl (C=O) groups is 1. The van der Waals surface area contributed by atoms with Gasteiger partial charge < -0.3 is 24.0 Å². The third kappa shape index (κ3) is 5.06. The summed E-state index contributed by atoms with van der Waals surface area (Å²) in [5, 5.41) is 0. The first-order chi connectivity index (χ1) is 16.9. The third-order valence-corrected chi connectivity index (χ3v) is 6.65. The van der Waals surface area contributed by atoms with Gasteiger partial charge in [0.25, 0.3) is 5.91 Å². The number of rotatable bonds is 6. The first kappa shape index (κ1) is 23.1. The molecule has 6 nitrogen and oxygen atoms in total. The first-order valence-corrected chi connectivity index (χ1v) is 12.1. The quantitative estimate of drug-likeness (QED) is 0.508. The van der Waals surface area contributed by atoms with Gasteiger partial charge in [0.2, 0.25) is 0 Å². The topological polar surface area (TPSA) is 51.2 Å². The van der Waals surface area contributed by atoms with Crippen LogP contribution in [0, 0.1) is 0 Å². The van der Waals surface area contributed by atoms with E-state index >= 15 is 0 Å². The van der Waals surface area contributed by atoms with Crippen molar-refractivity contribution in [2.45, 2.75) is 32.5 Å². The molecule has 3 aromatic carbocycles. The SMILES string of the molecule is COc1ccc(N2CCN(C(=O)c3ccc(COc4cccc5c4OC(C)(C)C5)cc3)CC2)cc1. The van der Waals surface area contributed by atoms with E-state index in [9.17, 15) is 4.79 Å². The normalized spacial score (nSPS) is 16.4. The van der Waals surface area contributed by atoms with Gasteiger partial charge in [0.15, 0.2) is 11.5 Å². The molecule has 182 valence electrons. The van der Waals surface area contributed by atoms with Crippen molar-refractivity contribution in [1.82, 2.24) is 4.90 Å². The Morgan fingerprint density at radius 2 is 1.66 bits per heavy atom. The van der Waals surface area contributed by atoms with Gasteiger partial charge in [-0.1, -0.05) is 24.3 Å². The highest BCUT2D eigenvalue weighted by atomic mass is 16.5. The van der Waals surface area contributed by atoms with Crippen molar-refractivity contribution in [3.8, 4) is 17.2 Å². The summed E-state index contributed by atoms with van der Waals surface area (Å²) < 4.78 is 17.4.